The van der Waals surface area contributed by atoms with Crippen molar-refractivity contribution in [2.75, 3.05) is 39.5 Å². The van der Waals surface area contributed by atoms with Crippen molar-refractivity contribution in [2.45, 2.75) is 65.2 Å². The van der Waals surface area contributed by atoms with Crippen molar-refractivity contribution in [1.82, 2.24) is 9.80 Å². The average molecular weight is 713 g/mol. The molecule has 0 spiro atoms. The summed E-state index contributed by atoms with van der Waals surface area (Å²) in [5.74, 6) is -8.11. The molecule has 4 aromatic rings. The van der Waals surface area contributed by atoms with Gasteiger partial charge in [0.05, 0.1) is 19.7 Å². The van der Waals surface area contributed by atoms with Crippen LogP contribution in [0.25, 0.3) is 0 Å². The quantitative estimate of drug-likeness (QED) is 0.0984. The molecule has 6 nitrogen and oxygen atoms in total. The van der Waals surface area contributed by atoms with Crippen LogP contribution in [0.1, 0.15) is 49.4 Å². The third-order valence-corrected chi connectivity index (χ3v) is 7.51. The molecule has 10 heteroatoms. The number of rotatable bonds is 15. The zero-order valence-electron chi connectivity index (χ0n) is 28.6. The molecule has 0 bridgehead atoms. The Morgan fingerprint density at radius 1 is 0.647 bits per heavy atom. The standard InChI is InChI=1S/C19H21F2NO2.C17H19F2NO.C4H8O.CH4/c1-2-24-18(23)19(20,21)15-22(13-16-9-5-3-6-10-16)14-17-11-7-4-8-12-17;18-17(19,14-21)13-20(11-15-7-3-1-4-8-15)12-16-9-5-2-6-10-16;1-2-4-5-3-1;/h3-12H,2,13-15H2,1H3;1-10,21H,11-14H2;1-4H2;1H4. The van der Waals surface area contributed by atoms with E-state index in [1.54, 1.807) is 9.80 Å². The second-order valence-corrected chi connectivity index (χ2v) is 12.0. The fourth-order valence-corrected chi connectivity index (χ4v) is 5.17. The van der Waals surface area contributed by atoms with Crippen molar-refractivity contribution < 1.29 is 36.9 Å². The van der Waals surface area contributed by atoms with E-state index in [9.17, 15) is 22.4 Å². The zero-order valence-corrected chi connectivity index (χ0v) is 28.6. The molecule has 1 fully saturated rings. The van der Waals surface area contributed by atoms with E-state index < -0.39 is 37.5 Å². The molecule has 51 heavy (non-hydrogen) atoms. The Labute approximate surface area is 300 Å². The summed E-state index contributed by atoms with van der Waals surface area (Å²) in [7, 11) is 0. The number of aliphatic hydroxyl groups is 1. The van der Waals surface area contributed by atoms with E-state index in [0.717, 1.165) is 35.5 Å². The van der Waals surface area contributed by atoms with Gasteiger partial charge in [0.1, 0.15) is 6.61 Å². The maximum absolute atomic E-state index is 14.1. The van der Waals surface area contributed by atoms with Gasteiger partial charge in [-0.05, 0) is 42.0 Å². The van der Waals surface area contributed by atoms with Crippen LogP contribution in [0.4, 0.5) is 17.6 Å². The number of aliphatic hydroxyl groups excluding tert-OH is 1. The summed E-state index contributed by atoms with van der Waals surface area (Å²) in [6.45, 7) is 2.66. The summed E-state index contributed by atoms with van der Waals surface area (Å²) >= 11 is 0. The van der Waals surface area contributed by atoms with Gasteiger partial charge in [0.15, 0.2) is 0 Å². The summed E-state index contributed by atoms with van der Waals surface area (Å²) in [6.07, 6.45) is 2.56. The second-order valence-electron chi connectivity index (χ2n) is 12.0. The lowest BCUT2D eigenvalue weighted by Crippen LogP contribution is -2.43. The number of alkyl halides is 4. The average Bonchev–Trinajstić information content (AvgIpc) is 3.71. The van der Waals surface area contributed by atoms with Gasteiger partial charge in [-0.1, -0.05) is 129 Å². The fraction of sp³-hybridized carbons (Fsp3) is 0.390. The normalized spacial score (nSPS) is 12.6. The molecule has 5 rings (SSSR count). The van der Waals surface area contributed by atoms with Gasteiger partial charge in [-0.25, -0.2) is 13.6 Å². The lowest BCUT2D eigenvalue weighted by atomic mass is 10.1. The molecule has 1 N–H and O–H groups in total. The first-order valence-corrected chi connectivity index (χ1v) is 16.8. The molecule has 1 saturated heterocycles. The van der Waals surface area contributed by atoms with Crippen LogP contribution >= 0.6 is 0 Å². The van der Waals surface area contributed by atoms with E-state index in [1.165, 1.54) is 19.8 Å². The van der Waals surface area contributed by atoms with E-state index in [0.29, 0.717) is 26.2 Å². The molecule has 0 atom stereocenters. The lowest BCUT2D eigenvalue weighted by molar-refractivity contribution is -0.174. The van der Waals surface area contributed by atoms with Crippen LogP contribution in [0.5, 0.6) is 0 Å². The third kappa shape index (κ3) is 17.6. The molecule has 278 valence electrons. The van der Waals surface area contributed by atoms with Crippen LogP contribution in [-0.4, -0.2) is 72.2 Å². The Morgan fingerprint density at radius 2 is 0.980 bits per heavy atom. The predicted octanol–water partition coefficient (Wildman–Crippen LogP) is 8.64. The van der Waals surface area contributed by atoms with E-state index in [-0.39, 0.29) is 14.0 Å². The molecule has 0 radical (unpaired) electrons. The van der Waals surface area contributed by atoms with Crippen LogP contribution in [0.3, 0.4) is 0 Å². The molecule has 1 aliphatic rings. The molecule has 4 aromatic carbocycles. The summed E-state index contributed by atoms with van der Waals surface area (Å²) < 4.78 is 64.8. The minimum absolute atomic E-state index is 0. The molecular formula is C41H52F4N2O4. The van der Waals surface area contributed by atoms with Crippen LogP contribution < -0.4 is 0 Å². The Kier molecular flexibility index (Phi) is 19.8. The molecule has 1 heterocycles. The van der Waals surface area contributed by atoms with Crippen LogP contribution in [0.15, 0.2) is 121 Å². The van der Waals surface area contributed by atoms with Gasteiger partial charge in [0, 0.05) is 39.4 Å². The van der Waals surface area contributed by atoms with E-state index in [4.69, 9.17) is 9.84 Å². The lowest BCUT2D eigenvalue weighted by Gasteiger charge is -2.26. The smallest absolute Gasteiger partial charge is 0.378 e. The SMILES string of the molecule is C.C1CCOC1.CCOC(=O)C(F)(F)CN(Cc1ccccc1)Cc1ccccc1.OCC(F)(F)CN(Cc1ccccc1)Cc1ccccc1. The monoisotopic (exact) mass is 712 g/mol. The van der Waals surface area contributed by atoms with E-state index >= 15 is 0 Å². The molecule has 0 unspecified atom stereocenters. The van der Waals surface area contributed by atoms with Gasteiger partial charge in [0.2, 0.25) is 0 Å². The molecule has 0 aromatic heterocycles. The fourth-order valence-electron chi connectivity index (χ4n) is 5.17. The van der Waals surface area contributed by atoms with Crippen molar-refractivity contribution in [1.29, 1.82) is 0 Å². The summed E-state index contributed by atoms with van der Waals surface area (Å²) in [5, 5.41) is 8.80. The Hall–Kier alpha value is -4.09. The van der Waals surface area contributed by atoms with Gasteiger partial charge in [0.25, 0.3) is 5.92 Å². The zero-order chi connectivity index (χ0) is 36.1. The number of ether oxygens (including phenoxy) is 2. The first kappa shape index (κ1) is 43.1. The van der Waals surface area contributed by atoms with Crippen LogP contribution in [0, 0.1) is 0 Å². The summed E-state index contributed by atoms with van der Waals surface area (Å²) in [6, 6.07) is 37.7. The molecule has 0 aliphatic carbocycles. The van der Waals surface area contributed by atoms with E-state index in [1.807, 2.05) is 121 Å². The second kappa shape index (κ2) is 23.4. The number of carbonyl (C=O) groups excluding carboxylic acids is 1. The molecule has 0 saturated carbocycles. The number of carbonyl (C=O) groups is 1. The van der Waals surface area contributed by atoms with Gasteiger partial charge < -0.3 is 14.6 Å². The highest BCUT2D eigenvalue weighted by Crippen LogP contribution is 2.21. The largest absolute Gasteiger partial charge is 0.462 e. The van der Waals surface area contributed by atoms with Gasteiger partial charge in [-0.2, -0.15) is 8.78 Å². The summed E-state index contributed by atoms with van der Waals surface area (Å²) in [4.78, 5) is 14.7. The number of esters is 1. The minimum atomic E-state index is -3.54. The first-order chi connectivity index (χ1) is 24.1. The maximum Gasteiger partial charge on any atom is 0.378 e. The van der Waals surface area contributed by atoms with Crippen LogP contribution in [0.2, 0.25) is 0 Å². The number of hydrogen-bond donors (Lipinski definition) is 1. The molecule has 1 aliphatic heterocycles. The van der Waals surface area contributed by atoms with Crippen molar-refractivity contribution in [2.24, 2.45) is 0 Å². The minimum Gasteiger partial charge on any atom is -0.462 e. The topological polar surface area (TPSA) is 62.2 Å². The highest BCUT2D eigenvalue weighted by atomic mass is 19.3. The van der Waals surface area contributed by atoms with Gasteiger partial charge in [-0.15, -0.1) is 0 Å². The van der Waals surface area contributed by atoms with Crippen LogP contribution in [-0.2, 0) is 40.4 Å². The van der Waals surface area contributed by atoms with Gasteiger partial charge in [-0.3, -0.25) is 9.80 Å². The Balaban J connectivity index is 0.000000306. The van der Waals surface area contributed by atoms with Crippen molar-refractivity contribution in [3.63, 3.8) is 0 Å². The van der Waals surface area contributed by atoms with Crippen molar-refractivity contribution in [3.8, 4) is 0 Å². The highest BCUT2D eigenvalue weighted by Gasteiger charge is 2.42. The van der Waals surface area contributed by atoms with E-state index in [2.05, 4.69) is 4.74 Å². The van der Waals surface area contributed by atoms with Gasteiger partial charge >= 0.3 is 11.9 Å². The molecule has 0 amide bonds. The maximum atomic E-state index is 14.1. The Morgan fingerprint density at radius 3 is 1.25 bits per heavy atom. The first-order valence-electron chi connectivity index (χ1n) is 16.8. The van der Waals surface area contributed by atoms with Crippen molar-refractivity contribution >= 4 is 5.97 Å². The van der Waals surface area contributed by atoms with Crippen molar-refractivity contribution in [3.05, 3.63) is 144 Å². The number of benzene rings is 4. The number of nitrogens with zero attached hydrogens (tertiary/aromatic N) is 2. The predicted molar refractivity (Wildman–Crippen MR) is 194 cm³/mol. The highest BCUT2D eigenvalue weighted by molar-refractivity contribution is 5.77. The Bertz CT molecular complexity index is 1370. The number of hydrogen-bond acceptors (Lipinski definition) is 6. The third-order valence-electron chi connectivity index (χ3n) is 7.51. The molecular weight excluding hydrogens is 660 g/mol. The summed E-state index contributed by atoms with van der Waals surface area (Å²) in [5.41, 5.74) is 3.77. The number of halogens is 4.